The summed E-state index contributed by atoms with van der Waals surface area (Å²) in [4.78, 5) is 18.8. The number of hydrogen-bond donors (Lipinski definition) is 1. The molecular formula is C19H25N7O. The highest BCUT2D eigenvalue weighted by Crippen LogP contribution is 2.29. The molecule has 8 nitrogen and oxygen atoms in total. The third-order valence-electron chi connectivity index (χ3n) is 5.04. The number of aryl methyl sites for hydroxylation is 2. The van der Waals surface area contributed by atoms with Gasteiger partial charge in [0.15, 0.2) is 11.5 Å². The first-order valence-electron chi connectivity index (χ1n) is 9.38. The van der Waals surface area contributed by atoms with Crippen molar-refractivity contribution in [2.45, 2.75) is 13.3 Å². The van der Waals surface area contributed by atoms with E-state index in [9.17, 15) is 0 Å². The zero-order valence-corrected chi connectivity index (χ0v) is 15.8. The van der Waals surface area contributed by atoms with Crippen molar-refractivity contribution in [3.8, 4) is 11.5 Å². The molecule has 0 saturated carbocycles. The summed E-state index contributed by atoms with van der Waals surface area (Å²) >= 11 is 0. The number of rotatable bonds is 5. The minimum atomic E-state index is 0.245. The van der Waals surface area contributed by atoms with Crippen molar-refractivity contribution in [3.63, 3.8) is 0 Å². The first-order valence-corrected chi connectivity index (χ1v) is 9.38. The number of fused-ring (bicyclic) bond motifs is 1. The van der Waals surface area contributed by atoms with Crippen LogP contribution in [0.25, 0.3) is 22.6 Å². The first-order chi connectivity index (χ1) is 13.2. The Morgan fingerprint density at radius 1 is 1.11 bits per heavy atom. The largest absolute Gasteiger partial charge is 0.396 e. The van der Waals surface area contributed by atoms with Gasteiger partial charge in [-0.1, -0.05) is 6.07 Å². The lowest BCUT2D eigenvalue weighted by atomic mass is 10.2. The number of aliphatic hydroxyl groups excluding tert-OH is 1. The van der Waals surface area contributed by atoms with Gasteiger partial charge in [0, 0.05) is 52.6 Å². The topological polar surface area (TPSA) is 83.2 Å². The number of hydrogen-bond acceptors (Lipinski definition) is 7. The summed E-state index contributed by atoms with van der Waals surface area (Å²) in [6.07, 6.45) is 2.58. The predicted octanol–water partition coefficient (Wildman–Crippen LogP) is 1.24. The molecule has 1 saturated heterocycles. The summed E-state index contributed by atoms with van der Waals surface area (Å²) in [6.45, 7) is 6.91. The van der Waals surface area contributed by atoms with Crippen LogP contribution in [0.3, 0.4) is 0 Å². The van der Waals surface area contributed by atoms with Crippen molar-refractivity contribution in [3.05, 3.63) is 30.1 Å². The molecular weight excluding hydrogens is 342 g/mol. The Kier molecular flexibility index (Phi) is 5.00. The van der Waals surface area contributed by atoms with E-state index < -0.39 is 0 Å². The molecule has 0 spiro atoms. The number of piperazine rings is 1. The van der Waals surface area contributed by atoms with E-state index in [1.165, 1.54) is 0 Å². The Hall–Kier alpha value is -2.58. The van der Waals surface area contributed by atoms with Gasteiger partial charge < -0.3 is 10.0 Å². The van der Waals surface area contributed by atoms with Crippen molar-refractivity contribution >= 4 is 16.9 Å². The van der Waals surface area contributed by atoms with Crippen LogP contribution in [0.5, 0.6) is 0 Å². The summed E-state index contributed by atoms with van der Waals surface area (Å²) in [5.74, 6) is 1.57. The third kappa shape index (κ3) is 3.50. The van der Waals surface area contributed by atoms with Gasteiger partial charge in [-0.15, -0.1) is 0 Å². The van der Waals surface area contributed by atoms with Crippen LogP contribution in [0.2, 0.25) is 0 Å². The van der Waals surface area contributed by atoms with Gasteiger partial charge in [-0.2, -0.15) is 5.10 Å². The van der Waals surface area contributed by atoms with Gasteiger partial charge >= 0.3 is 0 Å². The fraction of sp³-hybridized carbons (Fsp3) is 0.474. The number of aliphatic hydroxyl groups is 1. The van der Waals surface area contributed by atoms with E-state index in [-0.39, 0.29) is 6.61 Å². The van der Waals surface area contributed by atoms with E-state index >= 15 is 0 Å². The molecule has 1 N–H and O–H groups in total. The Balaban J connectivity index is 1.71. The standard InChI is InChI=1S/C19H25N7O/c1-14-16-18(24(2)23-14)21-17(15-6-3-4-7-20-15)22-19(16)26-11-9-25(10-12-26)8-5-13-27/h3-4,6-7,27H,5,8-13H2,1-2H3. The van der Waals surface area contributed by atoms with Crippen LogP contribution < -0.4 is 4.90 Å². The second-order valence-electron chi connectivity index (χ2n) is 6.90. The van der Waals surface area contributed by atoms with E-state index in [0.717, 1.165) is 67.4 Å². The SMILES string of the molecule is Cc1nn(C)c2nc(-c3ccccn3)nc(N3CCN(CCCO)CC3)c12. The molecule has 1 aliphatic heterocycles. The van der Waals surface area contributed by atoms with Crippen LogP contribution in [0.15, 0.2) is 24.4 Å². The molecule has 0 bridgehead atoms. The number of nitrogens with zero attached hydrogens (tertiary/aromatic N) is 7. The molecule has 0 radical (unpaired) electrons. The van der Waals surface area contributed by atoms with Crippen molar-refractivity contribution in [2.75, 3.05) is 44.2 Å². The highest BCUT2D eigenvalue weighted by Gasteiger charge is 2.24. The van der Waals surface area contributed by atoms with E-state index in [1.54, 1.807) is 6.20 Å². The molecule has 0 atom stereocenters. The molecule has 8 heteroatoms. The summed E-state index contributed by atoms with van der Waals surface area (Å²) in [5.41, 5.74) is 2.54. The average Bonchev–Trinajstić information content (AvgIpc) is 3.00. The monoisotopic (exact) mass is 367 g/mol. The number of pyridine rings is 1. The Labute approximate surface area is 158 Å². The maximum atomic E-state index is 9.05. The number of anilines is 1. The minimum absolute atomic E-state index is 0.245. The van der Waals surface area contributed by atoms with Gasteiger partial charge in [-0.3, -0.25) is 14.6 Å². The van der Waals surface area contributed by atoms with Crippen molar-refractivity contribution in [2.24, 2.45) is 7.05 Å². The Bertz CT molecular complexity index is 917. The van der Waals surface area contributed by atoms with Gasteiger partial charge in [-0.05, 0) is 25.5 Å². The van der Waals surface area contributed by atoms with E-state index in [2.05, 4.69) is 19.9 Å². The van der Waals surface area contributed by atoms with E-state index in [4.69, 9.17) is 15.1 Å². The van der Waals surface area contributed by atoms with Gasteiger partial charge in [0.25, 0.3) is 0 Å². The van der Waals surface area contributed by atoms with Crippen LogP contribution in [0.4, 0.5) is 5.82 Å². The molecule has 0 unspecified atom stereocenters. The smallest absolute Gasteiger partial charge is 0.182 e. The fourth-order valence-electron chi connectivity index (χ4n) is 3.63. The van der Waals surface area contributed by atoms with Crippen molar-refractivity contribution in [1.82, 2.24) is 29.6 Å². The van der Waals surface area contributed by atoms with E-state index in [0.29, 0.717) is 5.82 Å². The van der Waals surface area contributed by atoms with Gasteiger partial charge in [-0.25, -0.2) is 9.97 Å². The zero-order valence-electron chi connectivity index (χ0n) is 15.8. The maximum absolute atomic E-state index is 9.05. The van der Waals surface area contributed by atoms with Crippen LogP contribution >= 0.6 is 0 Å². The summed E-state index contributed by atoms with van der Waals surface area (Å²) in [7, 11) is 1.92. The molecule has 3 aromatic rings. The Morgan fingerprint density at radius 2 is 1.93 bits per heavy atom. The second kappa shape index (κ2) is 7.58. The van der Waals surface area contributed by atoms with Crippen LogP contribution in [0, 0.1) is 6.92 Å². The van der Waals surface area contributed by atoms with Crippen LogP contribution in [-0.4, -0.2) is 74.1 Å². The Morgan fingerprint density at radius 3 is 2.63 bits per heavy atom. The molecule has 142 valence electrons. The third-order valence-corrected chi connectivity index (χ3v) is 5.04. The van der Waals surface area contributed by atoms with Gasteiger partial charge in [0.1, 0.15) is 11.5 Å². The quantitative estimate of drug-likeness (QED) is 0.726. The lowest BCUT2D eigenvalue weighted by molar-refractivity contribution is 0.216. The van der Waals surface area contributed by atoms with Crippen LogP contribution in [-0.2, 0) is 7.05 Å². The minimum Gasteiger partial charge on any atom is -0.396 e. The lowest BCUT2D eigenvalue weighted by Crippen LogP contribution is -2.47. The molecule has 4 heterocycles. The molecule has 27 heavy (non-hydrogen) atoms. The fourth-order valence-corrected chi connectivity index (χ4v) is 3.63. The molecule has 1 fully saturated rings. The molecule has 4 rings (SSSR count). The summed E-state index contributed by atoms with van der Waals surface area (Å²) in [5, 5.41) is 14.6. The molecule has 1 aliphatic rings. The van der Waals surface area contributed by atoms with Crippen molar-refractivity contribution in [1.29, 1.82) is 0 Å². The predicted molar refractivity (Wildman–Crippen MR) is 105 cm³/mol. The molecule has 0 aromatic carbocycles. The van der Waals surface area contributed by atoms with E-state index in [1.807, 2.05) is 36.9 Å². The highest BCUT2D eigenvalue weighted by atomic mass is 16.3. The van der Waals surface area contributed by atoms with Gasteiger partial charge in [0.2, 0.25) is 0 Å². The highest BCUT2D eigenvalue weighted by molar-refractivity contribution is 5.91. The van der Waals surface area contributed by atoms with Gasteiger partial charge in [0.05, 0.1) is 11.1 Å². The molecule has 3 aromatic heterocycles. The first kappa shape index (κ1) is 17.8. The molecule has 0 amide bonds. The number of aromatic nitrogens is 5. The van der Waals surface area contributed by atoms with Crippen LogP contribution in [0.1, 0.15) is 12.1 Å². The lowest BCUT2D eigenvalue weighted by Gasteiger charge is -2.35. The summed E-state index contributed by atoms with van der Waals surface area (Å²) < 4.78 is 1.82. The zero-order chi connectivity index (χ0) is 18.8. The maximum Gasteiger partial charge on any atom is 0.182 e. The normalized spacial score (nSPS) is 15.6. The molecule has 0 aliphatic carbocycles. The van der Waals surface area contributed by atoms with Crippen molar-refractivity contribution < 1.29 is 5.11 Å². The second-order valence-corrected chi connectivity index (χ2v) is 6.90. The summed E-state index contributed by atoms with van der Waals surface area (Å²) in [6, 6.07) is 5.77. The average molecular weight is 367 g/mol.